The van der Waals surface area contributed by atoms with E-state index in [0.29, 0.717) is 30.8 Å². The molecule has 0 atom stereocenters. The lowest BCUT2D eigenvalue weighted by molar-refractivity contribution is -0.136. The average Bonchev–Trinajstić information content (AvgIpc) is 2.82. The van der Waals surface area contributed by atoms with Gasteiger partial charge in [0.1, 0.15) is 5.75 Å². The van der Waals surface area contributed by atoms with Crippen molar-refractivity contribution >= 4 is 33.9 Å². The zero-order valence-electron chi connectivity index (χ0n) is 14.3. The van der Waals surface area contributed by atoms with E-state index in [0.717, 1.165) is 4.47 Å². The van der Waals surface area contributed by atoms with Crippen LogP contribution in [0.4, 0.5) is 0 Å². The Labute approximate surface area is 154 Å². The molecule has 0 fully saturated rings. The van der Waals surface area contributed by atoms with Gasteiger partial charge in [-0.1, -0.05) is 15.9 Å². The Bertz CT molecular complexity index is 754. The summed E-state index contributed by atoms with van der Waals surface area (Å²) in [6, 6.07) is 4.88. The number of halogens is 1. The molecule has 134 valence electrons. The molecule has 7 heteroatoms. The summed E-state index contributed by atoms with van der Waals surface area (Å²) in [7, 11) is 2.87. The number of allylic oxidation sites excluding steroid dienone is 1. The van der Waals surface area contributed by atoms with Crippen molar-refractivity contribution in [1.82, 2.24) is 4.90 Å². The Hall–Kier alpha value is -2.12. The van der Waals surface area contributed by atoms with E-state index in [1.165, 1.54) is 24.2 Å². The molecule has 1 amide bonds. The number of nitrogens with zero attached hydrogens (tertiary/aromatic N) is 1. The quantitative estimate of drug-likeness (QED) is 0.444. The van der Waals surface area contributed by atoms with Crippen LogP contribution in [-0.2, 0) is 19.1 Å². The predicted molar refractivity (Wildman–Crippen MR) is 96.7 cm³/mol. The van der Waals surface area contributed by atoms with Gasteiger partial charge in [0.05, 0.1) is 18.3 Å². The van der Waals surface area contributed by atoms with Crippen molar-refractivity contribution in [1.29, 1.82) is 0 Å². The number of esters is 1. The number of rotatable bonds is 6. The zero-order valence-corrected chi connectivity index (χ0v) is 15.9. The maximum atomic E-state index is 12.8. The first kappa shape index (κ1) is 19.2. The Kier molecular flexibility index (Phi) is 6.39. The number of benzene rings is 1. The fourth-order valence-electron chi connectivity index (χ4n) is 2.66. The summed E-state index contributed by atoms with van der Waals surface area (Å²) in [5.74, 6) is -0.864. The highest BCUT2D eigenvalue weighted by atomic mass is 79.9. The third kappa shape index (κ3) is 4.11. The molecule has 0 aromatic heterocycles. The number of methoxy groups -OCH3 is 2. The first-order valence-corrected chi connectivity index (χ1v) is 8.50. The summed E-state index contributed by atoms with van der Waals surface area (Å²) in [4.78, 5) is 26.6. The summed E-state index contributed by atoms with van der Waals surface area (Å²) >= 11 is 3.33. The van der Waals surface area contributed by atoms with E-state index in [-0.39, 0.29) is 22.8 Å². The molecule has 25 heavy (non-hydrogen) atoms. The van der Waals surface area contributed by atoms with E-state index in [1.807, 2.05) is 0 Å². The van der Waals surface area contributed by atoms with E-state index in [2.05, 4.69) is 15.9 Å². The van der Waals surface area contributed by atoms with Crippen molar-refractivity contribution in [3.05, 3.63) is 45.1 Å². The SMILES string of the molecule is COCCCN1C(=O)/C(=C\c2cc(Br)ccc2O)C(C(=O)OC)=C1C. The molecule has 0 radical (unpaired) electrons. The van der Waals surface area contributed by atoms with Crippen molar-refractivity contribution in [2.75, 3.05) is 27.4 Å². The second kappa shape index (κ2) is 8.31. The number of aromatic hydroxyl groups is 1. The largest absolute Gasteiger partial charge is 0.507 e. The van der Waals surface area contributed by atoms with Gasteiger partial charge in [0.15, 0.2) is 0 Å². The number of carbonyl (C=O) groups is 2. The van der Waals surface area contributed by atoms with E-state index in [1.54, 1.807) is 26.2 Å². The van der Waals surface area contributed by atoms with Crippen LogP contribution in [0.2, 0.25) is 0 Å². The van der Waals surface area contributed by atoms with Gasteiger partial charge in [-0.3, -0.25) is 4.79 Å². The number of phenols is 1. The van der Waals surface area contributed by atoms with Crippen LogP contribution < -0.4 is 0 Å². The van der Waals surface area contributed by atoms with E-state index < -0.39 is 5.97 Å². The lowest BCUT2D eigenvalue weighted by Gasteiger charge is -2.17. The van der Waals surface area contributed by atoms with Crippen LogP contribution in [-0.4, -0.2) is 49.3 Å². The molecule has 1 aliphatic rings. The number of carbonyl (C=O) groups excluding carboxylic acids is 2. The lowest BCUT2D eigenvalue weighted by atomic mass is 10.0. The standard InChI is InChI=1S/C18H20BrNO5/c1-11-16(18(23)25-3)14(17(22)20(11)7-4-8-24-2)10-12-9-13(19)5-6-15(12)21/h5-6,9-10,21H,4,7-8H2,1-3H3/b14-10-. The molecule has 0 bridgehead atoms. The van der Waals surface area contributed by atoms with Crippen molar-refractivity contribution in [2.45, 2.75) is 13.3 Å². The van der Waals surface area contributed by atoms with Crippen molar-refractivity contribution < 1.29 is 24.2 Å². The van der Waals surface area contributed by atoms with Crippen LogP contribution in [0.5, 0.6) is 5.75 Å². The topological polar surface area (TPSA) is 76.1 Å². The molecule has 2 rings (SSSR count). The average molecular weight is 410 g/mol. The number of hydrogen-bond acceptors (Lipinski definition) is 5. The molecule has 1 aromatic carbocycles. The maximum Gasteiger partial charge on any atom is 0.340 e. The second-order valence-corrected chi connectivity index (χ2v) is 6.43. The summed E-state index contributed by atoms with van der Waals surface area (Å²) in [6.45, 7) is 2.65. The molecule has 0 spiro atoms. The Balaban J connectivity index is 2.47. The highest BCUT2D eigenvalue weighted by molar-refractivity contribution is 9.10. The third-order valence-corrected chi connectivity index (χ3v) is 4.41. The predicted octanol–water partition coefficient (Wildman–Crippen LogP) is 2.86. The minimum atomic E-state index is -0.583. The lowest BCUT2D eigenvalue weighted by Crippen LogP contribution is -2.26. The maximum absolute atomic E-state index is 12.8. The van der Waals surface area contributed by atoms with E-state index in [9.17, 15) is 14.7 Å². The summed E-state index contributed by atoms with van der Waals surface area (Å²) < 4.78 is 10.6. The molecule has 0 saturated carbocycles. The molecule has 1 aliphatic heterocycles. The highest BCUT2D eigenvalue weighted by Crippen LogP contribution is 2.33. The fourth-order valence-corrected chi connectivity index (χ4v) is 3.04. The molecule has 1 heterocycles. The number of ether oxygens (including phenoxy) is 2. The fraction of sp³-hybridized carbons (Fsp3) is 0.333. The molecule has 0 saturated heterocycles. The third-order valence-electron chi connectivity index (χ3n) is 3.92. The Morgan fingerprint density at radius 3 is 2.72 bits per heavy atom. The van der Waals surface area contributed by atoms with Crippen LogP contribution >= 0.6 is 15.9 Å². The smallest absolute Gasteiger partial charge is 0.340 e. The monoisotopic (exact) mass is 409 g/mol. The number of amides is 1. The van der Waals surface area contributed by atoms with Crippen molar-refractivity contribution in [2.24, 2.45) is 0 Å². The van der Waals surface area contributed by atoms with Crippen LogP contribution in [0.15, 0.2) is 39.5 Å². The minimum Gasteiger partial charge on any atom is -0.507 e. The molecule has 6 nitrogen and oxygen atoms in total. The van der Waals surface area contributed by atoms with Crippen LogP contribution in [0, 0.1) is 0 Å². The Morgan fingerprint density at radius 1 is 1.36 bits per heavy atom. The van der Waals surface area contributed by atoms with E-state index in [4.69, 9.17) is 9.47 Å². The van der Waals surface area contributed by atoms with Gasteiger partial charge >= 0.3 is 5.97 Å². The molecule has 0 aliphatic carbocycles. The number of phenolic OH excluding ortho intramolecular Hbond substituents is 1. The summed E-state index contributed by atoms with van der Waals surface area (Å²) in [5.41, 5.74) is 1.39. The van der Waals surface area contributed by atoms with Gasteiger partial charge in [0.2, 0.25) is 0 Å². The first-order chi connectivity index (χ1) is 11.9. The van der Waals surface area contributed by atoms with Gasteiger partial charge in [0.25, 0.3) is 5.91 Å². The van der Waals surface area contributed by atoms with Crippen LogP contribution in [0.25, 0.3) is 6.08 Å². The number of hydrogen-bond donors (Lipinski definition) is 1. The zero-order chi connectivity index (χ0) is 18.6. The van der Waals surface area contributed by atoms with Gasteiger partial charge in [-0.2, -0.15) is 0 Å². The minimum absolute atomic E-state index is 0.0169. The molecule has 1 N–H and O–H groups in total. The van der Waals surface area contributed by atoms with Gasteiger partial charge in [-0.25, -0.2) is 4.79 Å². The second-order valence-electron chi connectivity index (χ2n) is 5.52. The summed E-state index contributed by atoms with van der Waals surface area (Å²) in [5, 5.41) is 10.0. The molecule has 0 unspecified atom stereocenters. The summed E-state index contributed by atoms with van der Waals surface area (Å²) in [6.07, 6.45) is 2.15. The van der Waals surface area contributed by atoms with Crippen molar-refractivity contribution in [3.63, 3.8) is 0 Å². The van der Waals surface area contributed by atoms with Crippen molar-refractivity contribution in [3.8, 4) is 5.75 Å². The molecule has 1 aromatic rings. The van der Waals surface area contributed by atoms with Crippen LogP contribution in [0.1, 0.15) is 18.9 Å². The molecular weight excluding hydrogens is 390 g/mol. The Morgan fingerprint density at radius 2 is 2.08 bits per heavy atom. The molecular formula is C18H20BrNO5. The van der Waals surface area contributed by atoms with Crippen LogP contribution in [0.3, 0.4) is 0 Å². The van der Waals surface area contributed by atoms with Gasteiger partial charge in [-0.15, -0.1) is 0 Å². The first-order valence-electron chi connectivity index (χ1n) is 7.71. The highest BCUT2D eigenvalue weighted by Gasteiger charge is 2.36. The van der Waals surface area contributed by atoms with Gasteiger partial charge < -0.3 is 19.5 Å². The normalized spacial score (nSPS) is 16.1. The van der Waals surface area contributed by atoms with Gasteiger partial charge in [0, 0.05) is 36.0 Å². The van der Waals surface area contributed by atoms with Gasteiger partial charge in [-0.05, 0) is 37.6 Å². The van der Waals surface area contributed by atoms with E-state index >= 15 is 0 Å².